The van der Waals surface area contributed by atoms with Gasteiger partial charge in [-0.25, -0.2) is 0 Å². The van der Waals surface area contributed by atoms with Crippen molar-refractivity contribution in [3.63, 3.8) is 0 Å². The van der Waals surface area contributed by atoms with Gasteiger partial charge in [0, 0.05) is 5.56 Å². The highest BCUT2D eigenvalue weighted by molar-refractivity contribution is 5.04. The topological polar surface area (TPSA) is 50.1 Å². The number of hydrogen-bond donors (Lipinski definition) is 0. The first kappa shape index (κ1) is 15.0. The smallest absolute Gasteiger partial charge is 0.190 e. The average Bonchev–Trinajstić information content (AvgIpc) is 3.02. The Morgan fingerprint density at radius 2 is 2.10 bits per heavy atom. The van der Waals surface area contributed by atoms with Crippen LogP contribution in [0.1, 0.15) is 39.7 Å². The Hall–Kier alpha value is -0.880. The van der Waals surface area contributed by atoms with Gasteiger partial charge in [0.25, 0.3) is 0 Å². The molecule has 0 spiro atoms. The van der Waals surface area contributed by atoms with E-state index in [-0.39, 0.29) is 24.6 Å². The largest absolute Gasteiger partial charge is 0.472 e. The maximum absolute atomic E-state index is 6.08. The van der Waals surface area contributed by atoms with E-state index in [0.29, 0.717) is 12.5 Å². The third-order valence-electron chi connectivity index (χ3n) is 3.81. The van der Waals surface area contributed by atoms with Gasteiger partial charge in [0.1, 0.15) is 12.2 Å². The Bertz CT molecular complexity index is 453. The highest BCUT2D eigenvalue weighted by Gasteiger charge is 2.55. The maximum atomic E-state index is 6.08. The van der Waals surface area contributed by atoms with Crippen LogP contribution in [-0.4, -0.2) is 30.4 Å². The molecule has 2 aliphatic heterocycles. The van der Waals surface area contributed by atoms with Gasteiger partial charge < -0.3 is 23.4 Å². The zero-order chi connectivity index (χ0) is 15.0. The molecule has 2 saturated heterocycles. The van der Waals surface area contributed by atoms with Crippen LogP contribution in [0.4, 0.5) is 0 Å². The Morgan fingerprint density at radius 1 is 1.29 bits per heavy atom. The highest BCUT2D eigenvalue weighted by atomic mass is 16.8. The molecule has 3 rings (SSSR count). The van der Waals surface area contributed by atoms with Gasteiger partial charge in [0.2, 0.25) is 0 Å². The van der Waals surface area contributed by atoms with Gasteiger partial charge in [-0.05, 0) is 32.3 Å². The van der Waals surface area contributed by atoms with Crippen molar-refractivity contribution in [3.05, 3.63) is 24.2 Å². The van der Waals surface area contributed by atoms with E-state index in [1.54, 1.807) is 12.5 Å². The van der Waals surface area contributed by atoms with Crippen LogP contribution < -0.4 is 0 Å². The lowest BCUT2D eigenvalue weighted by Gasteiger charge is -2.26. The van der Waals surface area contributed by atoms with E-state index >= 15 is 0 Å². The van der Waals surface area contributed by atoms with E-state index in [9.17, 15) is 0 Å². The third-order valence-corrected chi connectivity index (χ3v) is 3.81. The van der Waals surface area contributed by atoms with Crippen molar-refractivity contribution in [2.45, 2.75) is 71.1 Å². The summed E-state index contributed by atoms with van der Waals surface area (Å²) in [5.41, 5.74) is 1.01. The van der Waals surface area contributed by atoms with Crippen LogP contribution in [0.25, 0.3) is 0 Å². The van der Waals surface area contributed by atoms with Crippen molar-refractivity contribution in [2.75, 3.05) is 0 Å². The van der Waals surface area contributed by atoms with Gasteiger partial charge in [0.05, 0.1) is 25.2 Å². The summed E-state index contributed by atoms with van der Waals surface area (Å²) >= 11 is 0. The predicted molar refractivity (Wildman–Crippen MR) is 75.4 cm³/mol. The summed E-state index contributed by atoms with van der Waals surface area (Å²) in [6.45, 7) is 8.65. The summed E-state index contributed by atoms with van der Waals surface area (Å²) in [7, 11) is 0. The molecule has 1 aromatic rings. The molecule has 1 aromatic heterocycles. The number of rotatable bonds is 5. The Kier molecular flexibility index (Phi) is 4.10. The first-order valence-corrected chi connectivity index (χ1v) is 7.58. The van der Waals surface area contributed by atoms with Gasteiger partial charge in [-0.1, -0.05) is 13.8 Å². The lowest BCUT2D eigenvalue weighted by molar-refractivity contribution is -0.220. The SMILES string of the molecule is CC(C)C[C@H]1O[C@@H]2OC(C)(C)O[C@@H]2[C@H]1OCc1ccoc1. The van der Waals surface area contributed by atoms with Crippen LogP contribution in [0, 0.1) is 5.92 Å². The molecule has 21 heavy (non-hydrogen) atoms. The second kappa shape index (κ2) is 5.72. The number of hydrogen-bond acceptors (Lipinski definition) is 5. The average molecular weight is 296 g/mol. The predicted octanol–water partition coefficient (Wildman–Crippen LogP) is 3.09. The quantitative estimate of drug-likeness (QED) is 0.835. The van der Waals surface area contributed by atoms with Gasteiger partial charge in [-0.15, -0.1) is 0 Å². The molecule has 0 aliphatic carbocycles. The first-order chi connectivity index (χ1) is 9.94. The van der Waals surface area contributed by atoms with Crippen LogP contribution in [0.2, 0.25) is 0 Å². The van der Waals surface area contributed by atoms with E-state index < -0.39 is 5.79 Å². The summed E-state index contributed by atoms with van der Waals surface area (Å²) < 4.78 is 29.0. The molecule has 2 aliphatic rings. The van der Waals surface area contributed by atoms with Crippen LogP contribution >= 0.6 is 0 Å². The second-order valence-corrected chi connectivity index (χ2v) is 6.68. The molecule has 5 heteroatoms. The molecule has 4 atom stereocenters. The number of furan rings is 1. The summed E-state index contributed by atoms with van der Waals surface area (Å²) in [5.74, 6) is -0.0862. The molecule has 5 nitrogen and oxygen atoms in total. The summed E-state index contributed by atoms with van der Waals surface area (Å²) in [5, 5.41) is 0. The molecule has 0 bridgehead atoms. The number of ether oxygens (including phenoxy) is 4. The van der Waals surface area contributed by atoms with Crippen molar-refractivity contribution in [2.24, 2.45) is 5.92 Å². The molecule has 0 aromatic carbocycles. The summed E-state index contributed by atoms with van der Waals surface area (Å²) in [6.07, 6.45) is 3.65. The van der Waals surface area contributed by atoms with E-state index in [2.05, 4.69) is 13.8 Å². The summed E-state index contributed by atoms with van der Waals surface area (Å²) in [4.78, 5) is 0. The van der Waals surface area contributed by atoms with E-state index in [1.165, 1.54) is 0 Å². The lowest BCUT2D eigenvalue weighted by atomic mass is 10.0. The van der Waals surface area contributed by atoms with Crippen molar-refractivity contribution in [3.8, 4) is 0 Å². The molecule has 2 fully saturated rings. The molecule has 0 amide bonds. The lowest BCUT2D eigenvalue weighted by Crippen LogP contribution is -2.37. The number of fused-ring (bicyclic) bond motifs is 1. The standard InChI is InChI=1S/C16H24O5/c1-10(2)7-12-13(18-9-11-5-6-17-8-11)14-15(19-12)21-16(3,4)20-14/h5-6,8,10,12-15H,7,9H2,1-4H3/t12-,13+,14-,15-/m1/s1. The molecule has 0 unspecified atom stereocenters. The van der Waals surface area contributed by atoms with Gasteiger partial charge in [0.15, 0.2) is 12.1 Å². The van der Waals surface area contributed by atoms with E-state index in [0.717, 1.165) is 12.0 Å². The molecular weight excluding hydrogens is 272 g/mol. The Labute approximate surface area is 125 Å². The first-order valence-electron chi connectivity index (χ1n) is 7.58. The fourth-order valence-electron chi connectivity index (χ4n) is 2.97. The molecule has 0 radical (unpaired) electrons. The molecule has 0 saturated carbocycles. The molecular formula is C16H24O5. The van der Waals surface area contributed by atoms with Crippen LogP contribution in [0.5, 0.6) is 0 Å². The maximum Gasteiger partial charge on any atom is 0.190 e. The third kappa shape index (κ3) is 3.31. The van der Waals surface area contributed by atoms with Gasteiger partial charge in [-0.2, -0.15) is 0 Å². The van der Waals surface area contributed by atoms with E-state index in [4.69, 9.17) is 23.4 Å². The zero-order valence-corrected chi connectivity index (χ0v) is 13.1. The highest BCUT2D eigenvalue weighted by Crippen LogP contribution is 2.40. The molecule has 0 N–H and O–H groups in total. The normalized spacial score (nSPS) is 34.5. The van der Waals surface area contributed by atoms with Crippen molar-refractivity contribution in [1.29, 1.82) is 0 Å². The van der Waals surface area contributed by atoms with Crippen molar-refractivity contribution in [1.82, 2.24) is 0 Å². The molecule has 3 heterocycles. The van der Waals surface area contributed by atoms with Gasteiger partial charge in [-0.3, -0.25) is 0 Å². The van der Waals surface area contributed by atoms with Crippen molar-refractivity contribution < 1.29 is 23.4 Å². The monoisotopic (exact) mass is 296 g/mol. The van der Waals surface area contributed by atoms with Crippen LogP contribution in [-0.2, 0) is 25.6 Å². The second-order valence-electron chi connectivity index (χ2n) is 6.68. The Morgan fingerprint density at radius 3 is 2.76 bits per heavy atom. The molecule has 118 valence electrons. The minimum Gasteiger partial charge on any atom is -0.472 e. The minimum atomic E-state index is -0.616. The van der Waals surface area contributed by atoms with Crippen molar-refractivity contribution >= 4 is 0 Å². The minimum absolute atomic E-state index is 0.00278. The zero-order valence-electron chi connectivity index (χ0n) is 13.1. The summed E-state index contributed by atoms with van der Waals surface area (Å²) in [6, 6.07) is 1.90. The van der Waals surface area contributed by atoms with E-state index in [1.807, 2.05) is 19.9 Å². The Balaban J connectivity index is 1.68. The van der Waals surface area contributed by atoms with Crippen LogP contribution in [0.3, 0.4) is 0 Å². The fraction of sp³-hybridized carbons (Fsp3) is 0.750. The van der Waals surface area contributed by atoms with Crippen LogP contribution in [0.15, 0.2) is 23.0 Å². The van der Waals surface area contributed by atoms with Gasteiger partial charge >= 0.3 is 0 Å². The fourth-order valence-corrected chi connectivity index (χ4v) is 2.97.